The first-order valence-electron chi connectivity index (χ1n) is 6.24. The Kier molecular flexibility index (Phi) is 3.78. The van der Waals surface area contributed by atoms with Gasteiger partial charge in [0.25, 0.3) is 5.91 Å². The normalized spacial score (nSPS) is 19.9. The minimum absolute atomic E-state index is 0.113. The Balaban J connectivity index is 2.08. The highest BCUT2D eigenvalue weighted by molar-refractivity contribution is 5.94. The van der Waals surface area contributed by atoms with Gasteiger partial charge in [-0.05, 0) is 26.8 Å². The van der Waals surface area contributed by atoms with E-state index in [2.05, 4.69) is 10.4 Å². The maximum Gasteiger partial charge on any atom is 0.257 e. The lowest BCUT2D eigenvalue weighted by atomic mass is 10.2. The highest BCUT2D eigenvalue weighted by atomic mass is 16.2. The number of carbonyl (C=O) groups is 1. The summed E-state index contributed by atoms with van der Waals surface area (Å²) in [7, 11) is 1.93. The number of likely N-dealkylation sites (N-methyl/N-ethyl adjacent to an activating group) is 1. The highest BCUT2D eigenvalue weighted by Gasteiger charge is 2.29. The number of rotatable bonds is 4. The monoisotopic (exact) mass is 236 g/mol. The quantitative estimate of drug-likeness (QED) is 0.838. The molecule has 1 aliphatic rings. The van der Waals surface area contributed by atoms with Crippen LogP contribution < -0.4 is 5.32 Å². The van der Waals surface area contributed by atoms with Gasteiger partial charge in [-0.15, -0.1) is 0 Å². The Bertz CT molecular complexity index is 388. The summed E-state index contributed by atoms with van der Waals surface area (Å²) >= 11 is 0. The van der Waals surface area contributed by atoms with E-state index < -0.39 is 0 Å². The molecule has 1 amide bonds. The van der Waals surface area contributed by atoms with Crippen molar-refractivity contribution < 1.29 is 4.79 Å². The zero-order valence-corrected chi connectivity index (χ0v) is 10.5. The number of carbonyl (C=O) groups excluding carboxylic acids is 1. The Hall–Kier alpha value is -1.36. The third-order valence-electron chi connectivity index (χ3n) is 3.28. The van der Waals surface area contributed by atoms with Crippen molar-refractivity contribution >= 4 is 5.91 Å². The lowest BCUT2D eigenvalue weighted by Crippen LogP contribution is -2.40. The number of hydrogen-bond acceptors (Lipinski definition) is 3. The first-order chi connectivity index (χ1) is 8.26. The summed E-state index contributed by atoms with van der Waals surface area (Å²) in [5.74, 6) is 0.113. The minimum Gasteiger partial charge on any atom is -0.334 e. The van der Waals surface area contributed by atoms with Gasteiger partial charge >= 0.3 is 0 Å². The molecule has 0 bridgehead atoms. The first-order valence-corrected chi connectivity index (χ1v) is 6.24. The lowest BCUT2D eigenvalue weighted by molar-refractivity contribution is 0.0737. The van der Waals surface area contributed by atoms with Crippen LogP contribution in [0.5, 0.6) is 0 Å². The molecule has 1 aromatic rings. The lowest BCUT2D eigenvalue weighted by Gasteiger charge is -2.23. The van der Waals surface area contributed by atoms with Gasteiger partial charge in [-0.1, -0.05) is 0 Å². The van der Waals surface area contributed by atoms with Crippen LogP contribution in [0.3, 0.4) is 0 Å². The molecule has 17 heavy (non-hydrogen) atoms. The summed E-state index contributed by atoms with van der Waals surface area (Å²) in [4.78, 5) is 14.3. The van der Waals surface area contributed by atoms with Crippen LogP contribution in [0, 0.1) is 0 Å². The molecule has 0 aromatic carbocycles. The standard InChI is InChI=1S/C12H20N4O/c1-3-15-9-10(7-14-15)12(17)16-6-4-5-11(16)8-13-2/h7,9,11,13H,3-6,8H2,1-2H3. The van der Waals surface area contributed by atoms with Gasteiger partial charge < -0.3 is 10.2 Å². The number of likely N-dealkylation sites (tertiary alicyclic amines) is 1. The molecule has 0 saturated carbocycles. The van der Waals surface area contributed by atoms with Crippen LogP contribution in [-0.4, -0.2) is 46.8 Å². The fourth-order valence-electron chi connectivity index (χ4n) is 2.36. The summed E-state index contributed by atoms with van der Waals surface area (Å²) in [6.07, 6.45) is 5.69. The number of aryl methyl sites for hydroxylation is 1. The van der Waals surface area contributed by atoms with E-state index in [1.807, 2.05) is 25.1 Å². The fraction of sp³-hybridized carbons (Fsp3) is 0.667. The Morgan fingerprint density at radius 2 is 2.47 bits per heavy atom. The van der Waals surface area contributed by atoms with E-state index in [0.29, 0.717) is 11.6 Å². The molecule has 1 N–H and O–H groups in total. The molecule has 1 aromatic heterocycles. The van der Waals surface area contributed by atoms with E-state index in [1.54, 1.807) is 10.9 Å². The van der Waals surface area contributed by atoms with Crippen LogP contribution in [0.2, 0.25) is 0 Å². The summed E-state index contributed by atoms with van der Waals surface area (Å²) < 4.78 is 1.79. The molecule has 0 aliphatic carbocycles. The van der Waals surface area contributed by atoms with E-state index in [0.717, 1.165) is 32.5 Å². The van der Waals surface area contributed by atoms with Crippen molar-refractivity contribution in [3.05, 3.63) is 18.0 Å². The number of aromatic nitrogens is 2. The van der Waals surface area contributed by atoms with Crippen molar-refractivity contribution in [2.24, 2.45) is 0 Å². The Morgan fingerprint density at radius 1 is 1.65 bits per heavy atom. The van der Waals surface area contributed by atoms with Crippen molar-refractivity contribution in [2.75, 3.05) is 20.1 Å². The molecular formula is C12H20N4O. The van der Waals surface area contributed by atoms with Gasteiger partial charge in [-0.3, -0.25) is 9.48 Å². The zero-order valence-electron chi connectivity index (χ0n) is 10.5. The summed E-state index contributed by atoms with van der Waals surface area (Å²) in [5.41, 5.74) is 0.704. The zero-order chi connectivity index (χ0) is 12.3. The van der Waals surface area contributed by atoms with Gasteiger partial charge in [0.2, 0.25) is 0 Å². The van der Waals surface area contributed by atoms with Gasteiger partial charge in [0.1, 0.15) is 0 Å². The number of hydrogen-bond donors (Lipinski definition) is 1. The number of amides is 1. The van der Waals surface area contributed by atoms with Crippen LogP contribution >= 0.6 is 0 Å². The van der Waals surface area contributed by atoms with Crippen LogP contribution in [0.25, 0.3) is 0 Å². The average molecular weight is 236 g/mol. The highest BCUT2D eigenvalue weighted by Crippen LogP contribution is 2.19. The molecule has 1 fully saturated rings. The maximum atomic E-state index is 12.3. The van der Waals surface area contributed by atoms with E-state index in [9.17, 15) is 4.79 Å². The number of nitrogens with zero attached hydrogens (tertiary/aromatic N) is 3. The van der Waals surface area contributed by atoms with Crippen LogP contribution in [0.1, 0.15) is 30.1 Å². The van der Waals surface area contributed by atoms with E-state index in [1.165, 1.54) is 0 Å². The molecule has 1 saturated heterocycles. The number of nitrogens with one attached hydrogen (secondary N) is 1. The molecule has 0 spiro atoms. The van der Waals surface area contributed by atoms with Crippen molar-refractivity contribution in [3.8, 4) is 0 Å². The average Bonchev–Trinajstić information content (AvgIpc) is 2.97. The topological polar surface area (TPSA) is 50.2 Å². The summed E-state index contributed by atoms with van der Waals surface area (Å²) in [6.45, 7) is 4.55. The Labute approximate surface area is 102 Å². The predicted octanol–water partition coefficient (Wildman–Crippen LogP) is 0.727. The molecule has 5 nitrogen and oxygen atoms in total. The minimum atomic E-state index is 0.113. The van der Waals surface area contributed by atoms with Crippen LogP contribution in [-0.2, 0) is 6.54 Å². The third kappa shape index (κ3) is 2.49. The van der Waals surface area contributed by atoms with Gasteiger partial charge in [0, 0.05) is 31.9 Å². The third-order valence-corrected chi connectivity index (χ3v) is 3.28. The van der Waals surface area contributed by atoms with E-state index in [-0.39, 0.29) is 5.91 Å². The molecule has 2 heterocycles. The van der Waals surface area contributed by atoms with Gasteiger partial charge in [0.05, 0.1) is 11.8 Å². The second-order valence-electron chi connectivity index (χ2n) is 4.44. The van der Waals surface area contributed by atoms with Gasteiger partial charge in [-0.25, -0.2) is 0 Å². The van der Waals surface area contributed by atoms with Crippen LogP contribution in [0.15, 0.2) is 12.4 Å². The second-order valence-corrected chi connectivity index (χ2v) is 4.44. The van der Waals surface area contributed by atoms with E-state index in [4.69, 9.17) is 0 Å². The molecule has 1 unspecified atom stereocenters. The van der Waals surface area contributed by atoms with Crippen molar-refractivity contribution in [1.29, 1.82) is 0 Å². The van der Waals surface area contributed by atoms with Crippen molar-refractivity contribution in [3.63, 3.8) is 0 Å². The molecule has 1 atom stereocenters. The molecular weight excluding hydrogens is 216 g/mol. The second kappa shape index (κ2) is 5.31. The molecule has 0 radical (unpaired) electrons. The van der Waals surface area contributed by atoms with Crippen LogP contribution in [0.4, 0.5) is 0 Å². The van der Waals surface area contributed by atoms with Crippen molar-refractivity contribution in [2.45, 2.75) is 32.4 Å². The first kappa shape index (κ1) is 12.1. The fourth-order valence-corrected chi connectivity index (χ4v) is 2.36. The molecule has 2 rings (SSSR count). The molecule has 1 aliphatic heterocycles. The van der Waals surface area contributed by atoms with E-state index >= 15 is 0 Å². The summed E-state index contributed by atoms with van der Waals surface area (Å²) in [5, 5.41) is 7.30. The van der Waals surface area contributed by atoms with Gasteiger partial charge in [-0.2, -0.15) is 5.10 Å². The smallest absolute Gasteiger partial charge is 0.257 e. The maximum absolute atomic E-state index is 12.3. The largest absolute Gasteiger partial charge is 0.334 e. The SMILES string of the molecule is CCn1cc(C(=O)N2CCCC2CNC)cn1. The molecule has 5 heteroatoms. The van der Waals surface area contributed by atoms with Gasteiger partial charge in [0.15, 0.2) is 0 Å². The predicted molar refractivity (Wildman–Crippen MR) is 65.9 cm³/mol. The van der Waals surface area contributed by atoms with Crippen molar-refractivity contribution in [1.82, 2.24) is 20.0 Å². The summed E-state index contributed by atoms with van der Waals surface area (Å²) in [6, 6.07) is 0.331. The molecule has 94 valence electrons. The Morgan fingerprint density at radius 3 is 3.12 bits per heavy atom.